The quantitative estimate of drug-likeness (QED) is 0.742. The Kier molecular flexibility index (Phi) is 6.48. The third-order valence-corrected chi connectivity index (χ3v) is 7.59. The smallest absolute Gasteiger partial charge is 0.262 e. The molecule has 0 unspecified atom stereocenters. The zero-order valence-corrected chi connectivity index (χ0v) is 18.6. The number of carbonyl (C=O) groups excluding carboxylic acids is 1. The van der Waals surface area contributed by atoms with Crippen LogP contribution in [-0.4, -0.2) is 63.5 Å². The molecule has 1 heterocycles. The van der Waals surface area contributed by atoms with Crippen LogP contribution in [0.15, 0.2) is 53.4 Å². The maximum absolute atomic E-state index is 12.9. The fourth-order valence-electron chi connectivity index (χ4n) is 4.45. The highest BCUT2D eigenvalue weighted by Crippen LogP contribution is 2.27. The first-order chi connectivity index (χ1) is 15.0. The van der Waals surface area contributed by atoms with E-state index in [4.69, 9.17) is 4.74 Å². The molecular weight excluding hydrogens is 414 g/mol. The van der Waals surface area contributed by atoms with E-state index in [2.05, 4.69) is 9.62 Å². The van der Waals surface area contributed by atoms with E-state index in [1.54, 1.807) is 36.4 Å². The second kappa shape index (κ2) is 9.28. The lowest BCUT2D eigenvalue weighted by molar-refractivity contribution is 0.0573. The SMILES string of the molecule is COc1ccccc1NS(=O)(=O)c1ccc(C(=O)N2CCN(C3CCCC3)CC2)cc1. The van der Waals surface area contributed by atoms with Gasteiger partial charge in [0.1, 0.15) is 5.75 Å². The normalized spacial score (nSPS) is 18.2. The van der Waals surface area contributed by atoms with Crippen LogP contribution in [0.5, 0.6) is 5.75 Å². The molecule has 7 nitrogen and oxygen atoms in total. The molecule has 0 aromatic heterocycles. The molecule has 1 amide bonds. The van der Waals surface area contributed by atoms with Gasteiger partial charge in [-0.15, -0.1) is 0 Å². The number of hydrogen-bond acceptors (Lipinski definition) is 5. The van der Waals surface area contributed by atoms with Crippen LogP contribution in [0, 0.1) is 0 Å². The van der Waals surface area contributed by atoms with Gasteiger partial charge in [0.15, 0.2) is 0 Å². The van der Waals surface area contributed by atoms with Gasteiger partial charge < -0.3 is 9.64 Å². The van der Waals surface area contributed by atoms with Gasteiger partial charge in [-0.2, -0.15) is 0 Å². The molecule has 8 heteroatoms. The zero-order valence-electron chi connectivity index (χ0n) is 17.8. The number of methoxy groups -OCH3 is 1. The van der Waals surface area contributed by atoms with Crippen molar-refractivity contribution in [3.05, 3.63) is 54.1 Å². The summed E-state index contributed by atoms with van der Waals surface area (Å²) in [6.07, 6.45) is 5.16. The summed E-state index contributed by atoms with van der Waals surface area (Å²) < 4.78 is 33.2. The van der Waals surface area contributed by atoms with E-state index in [0.29, 0.717) is 36.1 Å². The number of carbonyl (C=O) groups is 1. The Bertz CT molecular complexity index is 1010. The minimum absolute atomic E-state index is 0.0484. The summed E-state index contributed by atoms with van der Waals surface area (Å²) in [7, 11) is -2.30. The molecule has 2 aliphatic rings. The second-order valence-electron chi connectivity index (χ2n) is 8.10. The van der Waals surface area contributed by atoms with Crippen molar-refractivity contribution in [2.45, 2.75) is 36.6 Å². The van der Waals surface area contributed by atoms with E-state index in [-0.39, 0.29) is 10.8 Å². The van der Waals surface area contributed by atoms with Gasteiger partial charge in [-0.05, 0) is 49.2 Å². The highest BCUT2D eigenvalue weighted by molar-refractivity contribution is 7.92. The molecule has 2 fully saturated rings. The van der Waals surface area contributed by atoms with Gasteiger partial charge in [0.25, 0.3) is 15.9 Å². The van der Waals surface area contributed by atoms with Crippen LogP contribution < -0.4 is 9.46 Å². The number of amides is 1. The minimum Gasteiger partial charge on any atom is -0.495 e. The molecule has 4 rings (SSSR count). The van der Waals surface area contributed by atoms with Crippen molar-refractivity contribution < 1.29 is 17.9 Å². The first-order valence-corrected chi connectivity index (χ1v) is 12.3. The van der Waals surface area contributed by atoms with Gasteiger partial charge in [0.2, 0.25) is 0 Å². The van der Waals surface area contributed by atoms with E-state index in [0.717, 1.165) is 13.1 Å². The second-order valence-corrected chi connectivity index (χ2v) is 9.78. The monoisotopic (exact) mass is 443 g/mol. The Hall–Kier alpha value is -2.58. The number of para-hydroxylation sites is 2. The molecule has 1 saturated carbocycles. The van der Waals surface area contributed by atoms with Crippen molar-refractivity contribution in [1.82, 2.24) is 9.80 Å². The number of piperazine rings is 1. The molecule has 0 radical (unpaired) electrons. The van der Waals surface area contributed by atoms with E-state index in [9.17, 15) is 13.2 Å². The van der Waals surface area contributed by atoms with Crippen LogP contribution in [-0.2, 0) is 10.0 Å². The van der Waals surface area contributed by atoms with E-state index in [1.807, 2.05) is 4.90 Å². The van der Waals surface area contributed by atoms with Gasteiger partial charge in [-0.3, -0.25) is 14.4 Å². The summed E-state index contributed by atoms with van der Waals surface area (Å²) >= 11 is 0. The Morgan fingerprint density at radius 1 is 0.968 bits per heavy atom. The van der Waals surface area contributed by atoms with Crippen molar-refractivity contribution in [3.8, 4) is 5.75 Å². The predicted molar refractivity (Wildman–Crippen MR) is 120 cm³/mol. The molecule has 0 spiro atoms. The number of ether oxygens (including phenoxy) is 1. The standard InChI is InChI=1S/C23H29N3O4S/c1-30-22-9-5-4-8-21(22)24-31(28,29)20-12-10-18(11-13-20)23(27)26-16-14-25(15-17-26)19-6-2-3-7-19/h4-5,8-13,19,24H,2-3,6-7,14-17H2,1H3. The fourth-order valence-corrected chi connectivity index (χ4v) is 5.52. The Morgan fingerprint density at radius 3 is 2.26 bits per heavy atom. The highest BCUT2D eigenvalue weighted by atomic mass is 32.2. The molecule has 1 aliphatic heterocycles. The molecule has 1 aliphatic carbocycles. The molecule has 2 aromatic rings. The third kappa shape index (κ3) is 4.85. The average molecular weight is 444 g/mol. The van der Waals surface area contributed by atoms with Crippen molar-refractivity contribution >= 4 is 21.6 Å². The lowest BCUT2D eigenvalue weighted by Gasteiger charge is -2.38. The van der Waals surface area contributed by atoms with Gasteiger partial charge in [0.05, 0.1) is 17.7 Å². The lowest BCUT2D eigenvalue weighted by Crippen LogP contribution is -2.51. The summed E-state index contributed by atoms with van der Waals surface area (Å²) in [5.41, 5.74) is 0.871. The lowest BCUT2D eigenvalue weighted by atomic mass is 10.1. The van der Waals surface area contributed by atoms with Crippen molar-refractivity contribution in [2.24, 2.45) is 0 Å². The van der Waals surface area contributed by atoms with Crippen LogP contribution >= 0.6 is 0 Å². The maximum Gasteiger partial charge on any atom is 0.262 e. The predicted octanol–water partition coefficient (Wildman–Crippen LogP) is 3.20. The van der Waals surface area contributed by atoms with Crippen molar-refractivity contribution in [2.75, 3.05) is 38.0 Å². The van der Waals surface area contributed by atoms with Crippen molar-refractivity contribution in [3.63, 3.8) is 0 Å². The van der Waals surface area contributed by atoms with Crippen LogP contribution in [0.3, 0.4) is 0 Å². The molecule has 166 valence electrons. The number of nitrogens with zero attached hydrogens (tertiary/aromatic N) is 2. The van der Waals surface area contributed by atoms with Crippen LogP contribution in [0.1, 0.15) is 36.0 Å². The maximum atomic E-state index is 12.9. The topological polar surface area (TPSA) is 78.9 Å². The molecule has 0 bridgehead atoms. The number of benzene rings is 2. The highest BCUT2D eigenvalue weighted by Gasteiger charge is 2.28. The Morgan fingerprint density at radius 2 is 1.61 bits per heavy atom. The average Bonchev–Trinajstić information content (AvgIpc) is 3.34. The largest absolute Gasteiger partial charge is 0.495 e. The summed E-state index contributed by atoms with van der Waals surface area (Å²) in [5, 5.41) is 0. The van der Waals surface area contributed by atoms with Crippen LogP contribution in [0.2, 0.25) is 0 Å². The summed E-state index contributed by atoms with van der Waals surface area (Å²) in [4.78, 5) is 17.4. The van der Waals surface area contributed by atoms with Gasteiger partial charge in [-0.1, -0.05) is 25.0 Å². The number of rotatable bonds is 6. The van der Waals surface area contributed by atoms with Crippen molar-refractivity contribution in [1.29, 1.82) is 0 Å². The molecule has 2 aromatic carbocycles. The number of nitrogens with one attached hydrogen (secondary N) is 1. The zero-order chi connectivity index (χ0) is 21.8. The summed E-state index contributed by atoms with van der Waals surface area (Å²) in [5.74, 6) is 0.391. The first kappa shape index (κ1) is 21.6. The van der Waals surface area contributed by atoms with E-state index >= 15 is 0 Å². The van der Waals surface area contributed by atoms with Gasteiger partial charge in [-0.25, -0.2) is 8.42 Å². The van der Waals surface area contributed by atoms with Gasteiger partial charge >= 0.3 is 0 Å². The number of hydrogen-bond donors (Lipinski definition) is 1. The summed E-state index contributed by atoms with van der Waals surface area (Å²) in [6.45, 7) is 3.24. The third-order valence-electron chi connectivity index (χ3n) is 6.21. The molecule has 0 atom stereocenters. The van der Waals surface area contributed by atoms with E-state index < -0.39 is 10.0 Å². The summed E-state index contributed by atoms with van der Waals surface area (Å²) in [6, 6.07) is 13.6. The fraction of sp³-hybridized carbons (Fsp3) is 0.435. The molecule has 1 saturated heterocycles. The molecule has 31 heavy (non-hydrogen) atoms. The van der Waals surface area contributed by atoms with E-state index in [1.165, 1.54) is 44.9 Å². The number of sulfonamides is 1. The molecular formula is C23H29N3O4S. The molecule has 1 N–H and O–H groups in total. The number of anilines is 1. The van der Waals surface area contributed by atoms with Crippen LogP contribution in [0.4, 0.5) is 5.69 Å². The Balaban J connectivity index is 1.40. The van der Waals surface area contributed by atoms with Crippen LogP contribution in [0.25, 0.3) is 0 Å². The van der Waals surface area contributed by atoms with Gasteiger partial charge in [0, 0.05) is 37.8 Å². The first-order valence-electron chi connectivity index (χ1n) is 10.8. The Labute approximate surface area is 184 Å². The minimum atomic E-state index is -3.79.